The van der Waals surface area contributed by atoms with E-state index in [-0.39, 0.29) is 23.7 Å². The lowest BCUT2D eigenvalue weighted by atomic mass is 10.00. The van der Waals surface area contributed by atoms with Gasteiger partial charge >= 0.3 is 0 Å². The van der Waals surface area contributed by atoms with E-state index in [0.29, 0.717) is 16.8 Å². The monoisotopic (exact) mass is 381 g/mol. The molecule has 2 aliphatic heterocycles. The first kappa shape index (κ1) is 17.9. The van der Waals surface area contributed by atoms with Crippen LogP contribution in [0.1, 0.15) is 31.4 Å². The van der Waals surface area contributed by atoms with Gasteiger partial charge in [0, 0.05) is 11.3 Å². The summed E-state index contributed by atoms with van der Waals surface area (Å²) in [6.45, 7) is 4.12. The van der Waals surface area contributed by atoms with E-state index >= 15 is 0 Å². The van der Waals surface area contributed by atoms with E-state index in [2.05, 4.69) is 6.92 Å². The van der Waals surface area contributed by atoms with Crippen molar-refractivity contribution in [2.45, 2.75) is 32.1 Å². The highest BCUT2D eigenvalue weighted by atomic mass is 32.2. The molecule has 2 heterocycles. The van der Waals surface area contributed by atoms with Crippen LogP contribution in [-0.2, 0) is 10.5 Å². The number of thioether (sulfide) groups is 1. The van der Waals surface area contributed by atoms with Gasteiger partial charge in [0.1, 0.15) is 17.7 Å². The third-order valence-electron chi connectivity index (χ3n) is 4.94. The molecular weight excluding hydrogens is 361 g/mol. The lowest BCUT2D eigenvalue weighted by molar-refractivity contribution is -0.125. The number of amides is 1. The highest BCUT2D eigenvalue weighted by Gasteiger charge is 2.42. The minimum absolute atomic E-state index is 0.0284. The van der Waals surface area contributed by atoms with Gasteiger partial charge in [0.05, 0.1) is 5.69 Å². The van der Waals surface area contributed by atoms with Crippen molar-refractivity contribution in [3.8, 4) is 0 Å². The number of fused-ring (bicyclic) bond motifs is 3. The number of rotatable bonds is 4. The van der Waals surface area contributed by atoms with Crippen LogP contribution in [0.4, 0.5) is 10.1 Å². The van der Waals surface area contributed by atoms with Crippen LogP contribution in [0.5, 0.6) is 0 Å². The van der Waals surface area contributed by atoms with E-state index in [1.807, 2.05) is 37.3 Å². The molecule has 6 heteroatoms. The lowest BCUT2D eigenvalue weighted by Crippen LogP contribution is -2.42. The molecule has 2 atom stereocenters. The third-order valence-corrected chi connectivity index (χ3v) is 5.95. The van der Waals surface area contributed by atoms with Gasteiger partial charge in [-0.2, -0.15) is 0 Å². The Bertz CT molecular complexity index is 956. The maximum atomic E-state index is 13.5. The zero-order chi connectivity index (χ0) is 19.0. The van der Waals surface area contributed by atoms with Crippen molar-refractivity contribution in [2.75, 3.05) is 0 Å². The molecule has 0 saturated carbocycles. The predicted molar refractivity (Wildman–Crippen MR) is 108 cm³/mol. The molecule has 2 aromatic carbocycles. The summed E-state index contributed by atoms with van der Waals surface area (Å²) in [5.41, 5.74) is 2.55. The highest BCUT2D eigenvalue weighted by molar-refractivity contribution is 8.13. The summed E-state index contributed by atoms with van der Waals surface area (Å²) in [6.07, 6.45) is 0.881. The van der Waals surface area contributed by atoms with Crippen LogP contribution in [-0.4, -0.2) is 27.9 Å². The standard InChI is InChI=1S/C21H20FN3OS/c1-3-13(2)18-20(26)25-19(24-18)16-9-4-5-10-17(16)23-21(25)27-12-14-7-6-8-15(22)11-14/h4-11,13,18H,3,12H2,1-2H3. The molecule has 1 amide bonds. The number of benzene rings is 2. The van der Waals surface area contributed by atoms with E-state index in [4.69, 9.17) is 9.98 Å². The Morgan fingerprint density at radius 1 is 1.22 bits per heavy atom. The Morgan fingerprint density at radius 2 is 2.04 bits per heavy atom. The van der Waals surface area contributed by atoms with Gasteiger partial charge in [-0.1, -0.05) is 56.3 Å². The van der Waals surface area contributed by atoms with Crippen LogP contribution in [0.15, 0.2) is 58.5 Å². The SMILES string of the molecule is CCC(C)C1N=C2c3ccccc3N=C(SCc3cccc(F)c3)N2C1=O. The van der Waals surface area contributed by atoms with Gasteiger partial charge in [-0.05, 0) is 35.7 Å². The minimum Gasteiger partial charge on any atom is -0.271 e. The lowest BCUT2D eigenvalue weighted by Gasteiger charge is -2.26. The van der Waals surface area contributed by atoms with Crippen molar-refractivity contribution in [3.63, 3.8) is 0 Å². The first-order valence-electron chi connectivity index (χ1n) is 9.05. The van der Waals surface area contributed by atoms with E-state index in [1.165, 1.54) is 23.9 Å². The average Bonchev–Trinajstić information content (AvgIpc) is 3.03. The number of hydrogen-bond donors (Lipinski definition) is 0. The van der Waals surface area contributed by atoms with E-state index in [9.17, 15) is 9.18 Å². The molecule has 4 rings (SSSR count). The zero-order valence-electron chi connectivity index (χ0n) is 15.2. The molecule has 0 aliphatic carbocycles. The van der Waals surface area contributed by atoms with E-state index in [0.717, 1.165) is 23.2 Å². The molecule has 4 nitrogen and oxygen atoms in total. The number of carbonyl (C=O) groups excluding carboxylic acids is 1. The van der Waals surface area contributed by atoms with E-state index in [1.54, 1.807) is 11.0 Å². The van der Waals surface area contributed by atoms with Crippen molar-refractivity contribution in [1.29, 1.82) is 0 Å². The molecule has 0 aromatic heterocycles. The van der Waals surface area contributed by atoms with Gasteiger partial charge < -0.3 is 0 Å². The first-order valence-corrected chi connectivity index (χ1v) is 10.0. The second kappa shape index (κ2) is 7.27. The topological polar surface area (TPSA) is 45.0 Å². The highest BCUT2D eigenvalue weighted by Crippen LogP contribution is 2.35. The molecule has 0 saturated heterocycles. The summed E-state index contributed by atoms with van der Waals surface area (Å²) in [6, 6.07) is 13.9. The average molecular weight is 381 g/mol. The Balaban J connectivity index is 1.68. The number of carbonyl (C=O) groups is 1. The Hall–Kier alpha value is -2.47. The van der Waals surface area contributed by atoms with E-state index < -0.39 is 0 Å². The molecule has 0 N–H and O–H groups in total. The van der Waals surface area contributed by atoms with Gasteiger partial charge in [0.25, 0.3) is 5.91 Å². The molecule has 0 fully saturated rings. The van der Waals surface area contributed by atoms with Crippen molar-refractivity contribution in [1.82, 2.24) is 4.90 Å². The second-order valence-corrected chi connectivity index (χ2v) is 7.73. The largest absolute Gasteiger partial charge is 0.271 e. The maximum Gasteiger partial charge on any atom is 0.259 e. The van der Waals surface area contributed by atoms with Crippen LogP contribution in [0.2, 0.25) is 0 Å². The van der Waals surface area contributed by atoms with Crippen molar-refractivity contribution < 1.29 is 9.18 Å². The number of aliphatic imine (C=N–C) groups is 2. The van der Waals surface area contributed by atoms with Crippen LogP contribution < -0.4 is 0 Å². The van der Waals surface area contributed by atoms with Crippen LogP contribution >= 0.6 is 11.8 Å². The molecule has 2 aliphatic rings. The number of halogens is 1. The van der Waals surface area contributed by atoms with Gasteiger partial charge in [-0.25, -0.2) is 14.3 Å². The summed E-state index contributed by atoms with van der Waals surface area (Å²) in [7, 11) is 0. The van der Waals surface area contributed by atoms with Crippen molar-refractivity contribution in [3.05, 3.63) is 65.5 Å². The fourth-order valence-electron chi connectivity index (χ4n) is 3.23. The van der Waals surface area contributed by atoms with Crippen LogP contribution in [0.3, 0.4) is 0 Å². The summed E-state index contributed by atoms with van der Waals surface area (Å²) in [5, 5.41) is 0.604. The molecular formula is C21H20FN3OS. The Labute approximate surface area is 162 Å². The van der Waals surface area contributed by atoms with Gasteiger partial charge in [0.2, 0.25) is 0 Å². The molecule has 0 bridgehead atoms. The Morgan fingerprint density at radius 3 is 2.81 bits per heavy atom. The first-order chi connectivity index (χ1) is 13.1. The summed E-state index contributed by atoms with van der Waals surface area (Å²) < 4.78 is 13.5. The fourth-order valence-corrected chi connectivity index (χ4v) is 4.18. The molecule has 27 heavy (non-hydrogen) atoms. The van der Waals surface area contributed by atoms with Gasteiger partial charge in [0.15, 0.2) is 5.17 Å². The molecule has 2 aromatic rings. The normalized spacial score (nSPS) is 19.3. The third kappa shape index (κ3) is 3.30. The second-order valence-electron chi connectivity index (χ2n) is 6.79. The smallest absolute Gasteiger partial charge is 0.259 e. The maximum absolute atomic E-state index is 13.5. The summed E-state index contributed by atoms with van der Waals surface area (Å²) in [5.74, 6) is 1.08. The minimum atomic E-state index is -0.379. The quantitative estimate of drug-likeness (QED) is 0.766. The van der Waals surface area contributed by atoms with Gasteiger partial charge in [-0.15, -0.1) is 0 Å². The van der Waals surface area contributed by atoms with Crippen molar-refractivity contribution >= 4 is 34.4 Å². The molecule has 2 unspecified atom stereocenters. The number of nitrogens with zero attached hydrogens (tertiary/aromatic N) is 3. The van der Waals surface area contributed by atoms with Gasteiger partial charge in [-0.3, -0.25) is 9.79 Å². The van der Waals surface area contributed by atoms with Crippen LogP contribution in [0.25, 0.3) is 0 Å². The molecule has 0 radical (unpaired) electrons. The Kier molecular flexibility index (Phi) is 4.83. The number of amidine groups is 2. The fraction of sp³-hybridized carbons (Fsp3) is 0.286. The summed E-state index contributed by atoms with van der Waals surface area (Å²) >= 11 is 1.43. The van der Waals surface area contributed by atoms with Crippen LogP contribution in [0, 0.1) is 11.7 Å². The molecule has 138 valence electrons. The predicted octanol–water partition coefficient (Wildman–Crippen LogP) is 4.76. The van der Waals surface area contributed by atoms with Crippen molar-refractivity contribution in [2.24, 2.45) is 15.9 Å². The zero-order valence-corrected chi connectivity index (χ0v) is 16.0. The summed E-state index contributed by atoms with van der Waals surface area (Å²) in [4.78, 5) is 24.2. The number of hydrogen-bond acceptors (Lipinski definition) is 4. The number of para-hydroxylation sites is 1. The molecule has 0 spiro atoms.